The first-order chi connectivity index (χ1) is 7.85. The molecule has 1 saturated heterocycles. The molecule has 1 aromatic rings. The van der Waals surface area contributed by atoms with Gasteiger partial charge in [0.15, 0.2) is 0 Å². The van der Waals surface area contributed by atoms with Crippen LogP contribution in [0.25, 0.3) is 0 Å². The lowest BCUT2D eigenvalue weighted by atomic mass is 10.2. The van der Waals surface area contributed by atoms with E-state index < -0.39 is 0 Å². The van der Waals surface area contributed by atoms with Gasteiger partial charge in [0.2, 0.25) is 5.88 Å². The van der Waals surface area contributed by atoms with Crippen molar-refractivity contribution in [2.45, 2.75) is 25.8 Å². The zero-order valence-corrected chi connectivity index (χ0v) is 10.2. The number of nitrogens with zero attached hydrogens (tertiary/aromatic N) is 3. The number of hydrogen-bond donors (Lipinski definition) is 0. The Balaban J connectivity index is 2.16. The number of ether oxygens (including phenoxy) is 1. The van der Waals surface area contributed by atoms with Crippen LogP contribution in [-0.4, -0.2) is 35.0 Å². The Hall–Kier alpha value is -1.03. The van der Waals surface area contributed by atoms with Gasteiger partial charge in [-0.05, 0) is 19.8 Å². The van der Waals surface area contributed by atoms with Crippen molar-refractivity contribution in [1.82, 2.24) is 9.97 Å². The SMILES string of the molecule is CCOc1cc(N2CCCC2CCl)ncn1. The maximum absolute atomic E-state index is 5.94. The third-order valence-corrected chi connectivity index (χ3v) is 3.13. The van der Waals surface area contributed by atoms with E-state index in [4.69, 9.17) is 16.3 Å². The number of hydrogen-bond acceptors (Lipinski definition) is 4. The van der Waals surface area contributed by atoms with Gasteiger partial charge < -0.3 is 9.64 Å². The summed E-state index contributed by atoms with van der Waals surface area (Å²) in [6, 6.07) is 2.28. The van der Waals surface area contributed by atoms with Gasteiger partial charge in [-0.25, -0.2) is 9.97 Å². The van der Waals surface area contributed by atoms with E-state index in [1.54, 1.807) is 6.33 Å². The van der Waals surface area contributed by atoms with E-state index in [-0.39, 0.29) is 0 Å². The highest BCUT2D eigenvalue weighted by Crippen LogP contribution is 2.25. The summed E-state index contributed by atoms with van der Waals surface area (Å²) < 4.78 is 5.36. The second-order valence-corrected chi connectivity index (χ2v) is 4.10. The molecule has 0 aromatic carbocycles. The van der Waals surface area contributed by atoms with Gasteiger partial charge in [0, 0.05) is 24.5 Å². The van der Waals surface area contributed by atoms with Crippen LogP contribution in [-0.2, 0) is 0 Å². The van der Waals surface area contributed by atoms with Crippen LogP contribution in [0.15, 0.2) is 12.4 Å². The Morgan fingerprint density at radius 2 is 2.44 bits per heavy atom. The topological polar surface area (TPSA) is 38.2 Å². The molecule has 1 atom stereocenters. The van der Waals surface area contributed by atoms with E-state index in [1.807, 2.05) is 13.0 Å². The lowest BCUT2D eigenvalue weighted by Gasteiger charge is -2.23. The Bertz CT molecular complexity index is 348. The molecule has 0 radical (unpaired) electrons. The lowest BCUT2D eigenvalue weighted by molar-refractivity contribution is 0.326. The van der Waals surface area contributed by atoms with E-state index in [0.717, 1.165) is 18.8 Å². The average molecular weight is 242 g/mol. The molecule has 0 N–H and O–H groups in total. The Kier molecular flexibility index (Phi) is 3.83. The van der Waals surface area contributed by atoms with Crippen LogP contribution >= 0.6 is 11.6 Å². The normalized spacial score (nSPS) is 20.1. The molecule has 1 fully saturated rings. The molecule has 0 spiro atoms. The van der Waals surface area contributed by atoms with Crippen LogP contribution in [0.4, 0.5) is 5.82 Å². The van der Waals surface area contributed by atoms with Crippen molar-refractivity contribution in [2.75, 3.05) is 23.9 Å². The van der Waals surface area contributed by atoms with Gasteiger partial charge in [0.25, 0.3) is 0 Å². The Morgan fingerprint density at radius 3 is 3.19 bits per heavy atom. The van der Waals surface area contributed by atoms with Gasteiger partial charge in [0.1, 0.15) is 12.1 Å². The van der Waals surface area contributed by atoms with Crippen molar-refractivity contribution in [3.63, 3.8) is 0 Å². The van der Waals surface area contributed by atoms with E-state index in [1.165, 1.54) is 6.42 Å². The Morgan fingerprint density at radius 1 is 1.56 bits per heavy atom. The molecule has 4 nitrogen and oxygen atoms in total. The minimum atomic E-state index is 0.394. The van der Waals surface area contributed by atoms with Gasteiger partial charge in [-0.3, -0.25) is 0 Å². The fourth-order valence-corrected chi connectivity index (χ4v) is 2.33. The molecule has 0 aliphatic carbocycles. The van der Waals surface area contributed by atoms with Crippen molar-refractivity contribution in [2.24, 2.45) is 0 Å². The van der Waals surface area contributed by atoms with Crippen molar-refractivity contribution in [1.29, 1.82) is 0 Å². The average Bonchev–Trinajstić information content (AvgIpc) is 2.78. The summed E-state index contributed by atoms with van der Waals surface area (Å²) in [5.74, 6) is 2.20. The first kappa shape index (κ1) is 11.5. The van der Waals surface area contributed by atoms with Gasteiger partial charge in [-0.2, -0.15) is 0 Å². The van der Waals surface area contributed by atoms with E-state index in [0.29, 0.717) is 24.4 Å². The monoisotopic (exact) mass is 241 g/mol. The van der Waals surface area contributed by atoms with Gasteiger partial charge in [-0.1, -0.05) is 0 Å². The number of rotatable bonds is 4. The molecule has 16 heavy (non-hydrogen) atoms. The number of halogens is 1. The van der Waals surface area contributed by atoms with E-state index in [2.05, 4.69) is 14.9 Å². The van der Waals surface area contributed by atoms with Crippen LogP contribution in [0.2, 0.25) is 0 Å². The summed E-state index contributed by atoms with van der Waals surface area (Å²) in [6.07, 6.45) is 3.85. The number of anilines is 1. The third kappa shape index (κ3) is 2.38. The minimum Gasteiger partial charge on any atom is -0.478 e. The van der Waals surface area contributed by atoms with E-state index >= 15 is 0 Å². The predicted molar refractivity (Wildman–Crippen MR) is 64.3 cm³/mol. The third-order valence-electron chi connectivity index (χ3n) is 2.77. The zero-order valence-electron chi connectivity index (χ0n) is 9.40. The quantitative estimate of drug-likeness (QED) is 0.757. The lowest BCUT2D eigenvalue weighted by Crippen LogP contribution is -2.31. The van der Waals surface area contributed by atoms with Crippen LogP contribution in [0.5, 0.6) is 5.88 Å². The largest absolute Gasteiger partial charge is 0.478 e. The van der Waals surface area contributed by atoms with Crippen LogP contribution in [0.3, 0.4) is 0 Å². The van der Waals surface area contributed by atoms with Crippen LogP contribution in [0, 0.1) is 0 Å². The van der Waals surface area contributed by atoms with Crippen molar-refractivity contribution in [3.8, 4) is 5.88 Å². The first-order valence-electron chi connectivity index (χ1n) is 5.62. The number of alkyl halides is 1. The molecule has 0 amide bonds. The zero-order chi connectivity index (χ0) is 11.4. The second-order valence-electron chi connectivity index (χ2n) is 3.79. The summed E-state index contributed by atoms with van der Waals surface area (Å²) >= 11 is 5.94. The van der Waals surface area contributed by atoms with Crippen molar-refractivity contribution >= 4 is 17.4 Å². The molecule has 5 heteroatoms. The molecule has 1 unspecified atom stereocenters. The highest BCUT2D eigenvalue weighted by molar-refractivity contribution is 6.18. The van der Waals surface area contributed by atoms with Gasteiger partial charge in [0.05, 0.1) is 6.61 Å². The minimum absolute atomic E-state index is 0.394. The standard InChI is InChI=1S/C11H16ClN3O/c1-2-16-11-6-10(13-8-14-11)15-5-3-4-9(15)7-12/h6,8-9H,2-5,7H2,1H3. The molecule has 1 aliphatic rings. The first-order valence-corrected chi connectivity index (χ1v) is 6.16. The number of aromatic nitrogens is 2. The summed E-state index contributed by atoms with van der Waals surface area (Å²) in [4.78, 5) is 10.6. The maximum atomic E-state index is 5.94. The highest BCUT2D eigenvalue weighted by atomic mass is 35.5. The van der Waals surface area contributed by atoms with Gasteiger partial charge >= 0.3 is 0 Å². The predicted octanol–water partition coefficient (Wildman–Crippen LogP) is 2.08. The molecule has 2 rings (SSSR count). The van der Waals surface area contributed by atoms with Crippen LogP contribution in [0.1, 0.15) is 19.8 Å². The summed E-state index contributed by atoms with van der Waals surface area (Å²) in [5, 5.41) is 0. The molecule has 0 saturated carbocycles. The van der Waals surface area contributed by atoms with Crippen molar-refractivity contribution < 1.29 is 4.74 Å². The fourth-order valence-electron chi connectivity index (χ4n) is 2.01. The molecule has 2 heterocycles. The maximum Gasteiger partial charge on any atom is 0.218 e. The second kappa shape index (κ2) is 5.34. The summed E-state index contributed by atoms with van der Waals surface area (Å²) in [6.45, 7) is 3.58. The van der Waals surface area contributed by atoms with Crippen molar-refractivity contribution in [3.05, 3.63) is 12.4 Å². The molecular formula is C11H16ClN3O. The smallest absolute Gasteiger partial charge is 0.218 e. The molecule has 1 aliphatic heterocycles. The fraction of sp³-hybridized carbons (Fsp3) is 0.636. The summed E-state index contributed by atoms with van der Waals surface area (Å²) in [7, 11) is 0. The van der Waals surface area contributed by atoms with Gasteiger partial charge in [-0.15, -0.1) is 11.6 Å². The molecular weight excluding hydrogens is 226 g/mol. The molecule has 88 valence electrons. The van der Waals surface area contributed by atoms with E-state index in [9.17, 15) is 0 Å². The highest BCUT2D eigenvalue weighted by Gasteiger charge is 2.25. The molecule has 1 aromatic heterocycles. The van der Waals surface area contributed by atoms with Crippen LogP contribution < -0.4 is 9.64 Å². The summed E-state index contributed by atoms with van der Waals surface area (Å²) in [5.41, 5.74) is 0. The Labute approximate surface area is 101 Å². The molecule has 0 bridgehead atoms.